The molecule has 104 valence electrons. The summed E-state index contributed by atoms with van der Waals surface area (Å²) in [5, 5.41) is 8.49. The van der Waals surface area contributed by atoms with Crippen LogP contribution in [0.3, 0.4) is 0 Å². The summed E-state index contributed by atoms with van der Waals surface area (Å²) >= 11 is 6.30. The van der Waals surface area contributed by atoms with E-state index < -0.39 is 0 Å². The van der Waals surface area contributed by atoms with Gasteiger partial charge in [0.15, 0.2) is 0 Å². The Labute approximate surface area is 115 Å². The van der Waals surface area contributed by atoms with E-state index in [9.17, 15) is 0 Å². The van der Waals surface area contributed by atoms with Crippen molar-refractivity contribution in [2.45, 2.75) is 46.2 Å². The van der Waals surface area contributed by atoms with Crippen molar-refractivity contribution in [3.63, 3.8) is 0 Å². The Morgan fingerprint density at radius 2 is 2.17 bits per heavy atom. The van der Waals surface area contributed by atoms with Gasteiger partial charge in [0, 0.05) is 25.6 Å². The summed E-state index contributed by atoms with van der Waals surface area (Å²) in [4.78, 5) is 0. The molecule has 5 heteroatoms. The Morgan fingerprint density at radius 1 is 1.44 bits per heavy atom. The van der Waals surface area contributed by atoms with Crippen molar-refractivity contribution in [1.82, 2.24) is 15.1 Å². The number of rotatable bonds is 8. The van der Waals surface area contributed by atoms with E-state index in [-0.39, 0.29) is 6.04 Å². The van der Waals surface area contributed by atoms with Crippen molar-refractivity contribution >= 4 is 11.6 Å². The zero-order valence-corrected chi connectivity index (χ0v) is 12.5. The number of aryl methyl sites for hydroxylation is 2. The first-order valence-corrected chi connectivity index (χ1v) is 6.98. The highest BCUT2D eigenvalue weighted by atomic mass is 35.5. The van der Waals surface area contributed by atoms with Gasteiger partial charge >= 0.3 is 0 Å². The van der Waals surface area contributed by atoms with E-state index in [0.717, 1.165) is 42.4 Å². The third-order valence-electron chi connectivity index (χ3n) is 2.97. The van der Waals surface area contributed by atoms with Gasteiger partial charge in [-0.05, 0) is 27.3 Å². The topological polar surface area (TPSA) is 39.1 Å². The third kappa shape index (κ3) is 3.97. The lowest BCUT2D eigenvalue weighted by Crippen LogP contribution is -2.33. The molecule has 0 amide bonds. The first-order valence-electron chi connectivity index (χ1n) is 6.60. The van der Waals surface area contributed by atoms with Gasteiger partial charge in [0.2, 0.25) is 0 Å². The lowest BCUT2D eigenvalue weighted by atomic mass is 10.1. The summed E-state index contributed by atoms with van der Waals surface area (Å²) in [7, 11) is 1.95. The van der Waals surface area contributed by atoms with Gasteiger partial charge in [0.05, 0.1) is 23.0 Å². The number of likely N-dealkylation sites (N-methyl/N-ethyl adjacent to an activating group) is 1. The molecule has 0 saturated carbocycles. The van der Waals surface area contributed by atoms with Crippen LogP contribution in [0.25, 0.3) is 0 Å². The molecular weight excluding hydrogens is 250 g/mol. The number of aromatic nitrogens is 2. The molecule has 0 radical (unpaired) electrons. The molecule has 0 bridgehead atoms. The maximum atomic E-state index is 6.30. The fraction of sp³-hybridized carbons (Fsp3) is 0.769. The second-order valence-corrected chi connectivity index (χ2v) is 4.80. The minimum absolute atomic E-state index is 0.274. The molecular formula is C13H24ClN3O. The maximum Gasteiger partial charge on any atom is 0.0847 e. The van der Waals surface area contributed by atoms with Gasteiger partial charge in [-0.25, -0.2) is 0 Å². The Kier molecular flexibility index (Phi) is 6.68. The van der Waals surface area contributed by atoms with Crippen LogP contribution in [0.2, 0.25) is 5.02 Å². The predicted octanol–water partition coefficient (Wildman–Crippen LogP) is 2.42. The number of nitrogens with zero attached hydrogens (tertiary/aromatic N) is 2. The van der Waals surface area contributed by atoms with Crippen LogP contribution in [0, 0.1) is 6.92 Å². The predicted molar refractivity (Wildman–Crippen MR) is 75.3 cm³/mol. The van der Waals surface area contributed by atoms with Crippen LogP contribution in [0.1, 0.15) is 31.7 Å². The first kappa shape index (κ1) is 15.5. The molecule has 1 rings (SSSR count). The van der Waals surface area contributed by atoms with Crippen LogP contribution in [0.5, 0.6) is 0 Å². The summed E-state index contributed by atoms with van der Waals surface area (Å²) < 4.78 is 7.57. The van der Waals surface area contributed by atoms with Gasteiger partial charge in [-0.15, -0.1) is 0 Å². The zero-order valence-electron chi connectivity index (χ0n) is 11.8. The van der Waals surface area contributed by atoms with Crippen LogP contribution in [0.4, 0.5) is 0 Å². The van der Waals surface area contributed by atoms with Crippen molar-refractivity contribution in [2.24, 2.45) is 0 Å². The zero-order chi connectivity index (χ0) is 13.5. The van der Waals surface area contributed by atoms with E-state index >= 15 is 0 Å². The third-order valence-corrected chi connectivity index (χ3v) is 3.46. The summed E-state index contributed by atoms with van der Waals surface area (Å²) in [6, 6.07) is 0.274. The van der Waals surface area contributed by atoms with Gasteiger partial charge < -0.3 is 10.1 Å². The largest absolute Gasteiger partial charge is 0.380 e. The van der Waals surface area contributed by atoms with Crippen molar-refractivity contribution < 1.29 is 4.74 Å². The number of hydrogen-bond acceptors (Lipinski definition) is 3. The summed E-state index contributed by atoms with van der Waals surface area (Å²) in [5.74, 6) is 0. The molecule has 0 aliphatic rings. The van der Waals surface area contributed by atoms with E-state index in [4.69, 9.17) is 16.3 Å². The number of halogens is 1. The van der Waals surface area contributed by atoms with Gasteiger partial charge in [0.25, 0.3) is 0 Å². The van der Waals surface area contributed by atoms with Crippen molar-refractivity contribution in [3.05, 3.63) is 16.4 Å². The average molecular weight is 274 g/mol. The lowest BCUT2D eigenvalue weighted by molar-refractivity contribution is 0.113. The van der Waals surface area contributed by atoms with Gasteiger partial charge in [0.1, 0.15) is 0 Å². The highest BCUT2D eigenvalue weighted by Crippen LogP contribution is 2.21. The minimum atomic E-state index is 0.274. The maximum absolute atomic E-state index is 6.30. The molecule has 0 fully saturated rings. The molecule has 0 aliphatic heterocycles. The average Bonchev–Trinajstić information content (AvgIpc) is 2.65. The molecule has 1 N–H and O–H groups in total. The molecule has 1 unspecified atom stereocenters. The Balaban J connectivity index is 2.68. The number of hydrogen-bond donors (Lipinski definition) is 1. The van der Waals surface area contributed by atoms with Crippen LogP contribution in [-0.2, 0) is 17.7 Å². The molecule has 0 aromatic carbocycles. The quantitative estimate of drug-likeness (QED) is 0.740. The summed E-state index contributed by atoms with van der Waals surface area (Å²) in [6.07, 6.45) is 1.89. The SMILES string of the molecule is CCCOCC(Cc1c(Cl)c(C)nn1CC)NC. The van der Waals surface area contributed by atoms with Crippen molar-refractivity contribution in [3.8, 4) is 0 Å². The van der Waals surface area contributed by atoms with Crippen LogP contribution in [0.15, 0.2) is 0 Å². The smallest absolute Gasteiger partial charge is 0.0847 e. The fourth-order valence-electron chi connectivity index (χ4n) is 1.91. The standard InChI is InChI=1S/C13H24ClN3O/c1-5-7-18-9-11(15-4)8-12-13(14)10(3)16-17(12)6-2/h11,15H,5-9H2,1-4H3. The molecule has 1 atom stereocenters. The first-order chi connectivity index (χ1) is 8.63. The second kappa shape index (κ2) is 7.77. The molecule has 1 aromatic rings. The van der Waals surface area contributed by atoms with Crippen LogP contribution in [-0.4, -0.2) is 36.1 Å². The van der Waals surface area contributed by atoms with Gasteiger partial charge in [-0.2, -0.15) is 5.10 Å². The van der Waals surface area contributed by atoms with E-state index in [1.54, 1.807) is 0 Å². The number of nitrogens with one attached hydrogen (secondary N) is 1. The molecule has 0 spiro atoms. The molecule has 1 heterocycles. The Bertz CT molecular complexity index is 365. The second-order valence-electron chi connectivity index (χ2n) is 4.43. The highest BCUT2D eigenvalue weighted by Gasteiger charge is 2.17. The van der Waals surface area contributed by atoms with E-state index in [1.807, 2.05) is 18.7 Å². The van der Waals surface area contributed by atoms with Crippen LogP contribution < -0.4 is 5.32 Å². The lowest BCUT2D eigenvalue weighted by Gasteiger charge is -2.17. The van der Waals surface area contributed by atoms with Gasteiger partial charge in [-0.3, -0.25) is 4.68 Å². The van der Waals surface area contributed by atoms with Gasteiger partial charge in [-0.1, -0.05) is 18.5 Å². The monoisotopic (exact) mass is 273 g/mol. The Morgan fingerprint density at radius 3 is 2.72 bits per heavy atom. The normalized spacial score (nSPS) is 12.9. The van der Waals surface area contributed by atoms with E-state index in [1.165, 1.54) is 0 Å². The summed E-state index contributed by atoms with van der Waals surface area (Å²) in [6.45, 7) is 8.48. The number of ether oxygens (including phenoxy) is 1. The summed E-state index contributed by atoms with van der Waals surface area (Å²) in [5.41, 5.74) is 1.99. The molecule has 0 aliphatic carbocycles. The van der Waals surface area contributed by atoms with E-state index in [0.29, 0.717) is 6.61 Å². The molecule has 18 heavy (non-hydrogen) atoms. The minimum Gasteiger partial charge on any atom is -0.380 e. The van der Waals surface area contributed by atoms with Crippen molar-refractivity contribution in [1.29, 1.82) is 0 Å². The molecule has 1 aromatic heterocycles. The van der Waals surface area contributed by atoms with E-state index in [2.05, 4.69) is 24.3 Å². The van der Waals surface area contributed by atoms with Crippen molar-refractivity contribution in [2.75, 3.05) is 20.3 Å². The molecule has 0 saturated heterocycles. The van der Waals surface area contributed by atoms with Crippen LogP contribution >= 0.6 is 11.6 Å². The Hall–Kier alpha value is -0.580. The molecule has 4 nitrogen and oxygen atoms in total. The highest BCUT2D eigenvalue weighted by molar-refractivity contribution is 6.31. The fourth-order valence-corrected chi connectivity index (χ4v) is 2.12.